The topological polar surface area (TPSA) is 146 Å². The van der Waals surface area contributed by atoms with Gasteiger partial charge in [-0.05, 0) is 41.8 Å². The van der Waals surface area contributed by atoms with Gasteiger partial charge in [0, 0.05) is 4.91 Å². The van der Waals surface area contributed by atoms with Gasteiger partial charge in [0.25, 0.3) is 0 Å². The molecule has 2 N–H and O–H groups in total. The number of hydrogen-bond acceptors (Lipinski definition) is 8. The van der Waals surface area contributed by atoms with Gasteiger partial charge in [0.05, 0.1) is 19.0 Å². The summed E-state index contributed by atoms with van der Waals surface area (Å²) in [7, 11) is -4.51. The largest absolute Gasteiger partial charge is 0.408 e. The minimum Gasteiger partial charge on any atom is -0.408 e. The van der Waals surface area contributed by atoms with Crippen LogP contribution in [0.15, 0.2) is 17.8 Å². The number of anilines is 1. The lowest BCUT2D eigenvalue weighted by molar-refractivity contribution is -0.0286. The van der Waals surface area contributed by atoms with Crippen molar-refractivity contribution in [3.8, 4) is 0 Å². The SMILES string of the molecule is CC(C)(C)[Si](C)(C)OC1[C@@H](CN=[N+]=[N-])O[C@@H](n2cnc3c(N)ncnc32)[C@H]1O[Si](C)(C)C(C)(C)C. The van der Waals surface area contributed by atoms with Crippen molar-refractivity contribution in [3.63, 3.8) is 0 Å². The normalized spacial score (nSPS) is 24.1. The monoisotopic (exact) mass is 520 g/mol. The minimum absolute atomic E-state index is 0.0287. The van der Waals surface area contributed by atoms with Gasteiger partial charge in [-0.25, -0.2) is 15.0 Å². The number of nitrogen functional groups attached to an aromatic ring is 1. The molecule has 1 aliphatic heterocycles. The number of rotatable bonds is 7. The van der Waals surface area contributed by atoms with Crippen LogP contribution in [0.4, 0.5) is 5.82 Å². The minimum atomic E-state index is -2.27. The van der Waals surface area contributed by atoms with Gasteiger partial charge in [-0.1, -0.05) is 46.7 Å². The number of nitrogens with zero attached hydrogens (tertiary/aromatic N) is 7. The first-order valence-electron chi connectivity index (χ1n) is 11.9. The lowest BCUT2D eigenvalue weighted by Gasteiger charge is -2.44. The first kappa shape index (κ1) is 27.6. The number of imidazole rings is 1. The van der Waals surface area contributed by atoms with E-state index in [-0.39, 0.29) is 16.6 Å². The molecule has 13 heteroatoms. The fraction of sp³-hybridized carbons (Fsp3) is 0.773. The summed E-state index contributed by atoms with van der Waals surface area (Å²) < 4.78 is 22.3. The Hall–Kier alpha value is -2.03. The summed E-state index contributed by atoms with van der Waals surface area (Å²) in [6.45, 7) is 22.1. The predicted octanol–water partition coefficient (Wildman–Crippen LogP) is 5.40. The molecule has 1 saturated heterocycles. The zero-order valence-electron chi connectivity index (χ0n) is 22.6. The van der Waals surface area contributed by atoms with Crippen LogP contribution in [0.1, 0.15) is 47.8 Å². The summed E-state index contributed by atoms with van der Waals surface area (Å²) in [5, 5.41) is 3.78. The number of hydrogen-bond donors (Lipinski definition) is 1. The van der Waals surface area contributed by atoms with Crippen LogP contribution < -0.4 is 5.73 Å². The zero-order chi connectivity index (χ0) is 26.4. The van der Waals surface area contributed by atoms with Crippen LogP contribution in [0.2, 0.25) is 36.3 Å². The van der Waals surface area contributed by atoms with E-state index in [1.165, 1.54) is 6.33 Å². The molecule has 0 aliphatic carbocycles. The number of aromatic nitrogens is 4. The van der Waals surface area contributed by atoms with Gasteiger partial charge in [0.1, 0.15) is 24.1 Å². The lowest BCUT2D eigenvalue weighted by atomic mass is 10.1. The van der Waals surface area contributed by atoms with Gasteiger partial charge in [0.15, 0.2) is 34.3 Å². The molecule has 0 aromatic carbocycles. The van der Waals surface area contributed by atoms with Crippen molar-refractivity contribution in [2.24, 2.45) is 5.11 Å². The molecular weight excluding hydrogens is 480 g/mol. The highest BCUT2D eigenvalue weighted by Crippen LogP contribution is 2.46. The number of nitrogens with two attached hydrogens (primary N) is 1. The van der Waals surface area contributed by atoms with E-state index in [9.17, 15) is 0 Å². The van der Waals surface area contributed by atoms with Gasteiger partial charge in [0.2, 0.25) is 0 Å². The molecule has 1 aliphatic rings. The molecule has 4 atom stereocenters. The second-order valence-electron chi connectivity index (χ2n) is 12.2. The van der Waals surface area contributed by atoms with E-state index in [4.69, 9.17) is 24.9 Å². The van der Waals surface area contributed by atoms with Gasteiger partial charge in [-0.3, -0.25) is 4.57 Å². The predicted molar refractivity (Wildman–Crippen MR) is 142 cm³/mol. The van der Waals surface area contributed by atoms with E-state index in [2.05, 4.69) is 92.7 Å². The number of fused-ring (bicyclic) bond motifs is 1. The molecule has 2 aromatic heterocycles. The zero-order valence-corrected chi connectivity index (χ0v) is 24.6. The molecule has 0 saturated carbocycles. The molecule has 2 aromatic rings. The first-order chi connectivity index (χ1) is 16.0. The van der Waals surface area contributed by atoms with Crippen LogP contribution in [0.25, 0.3) is 21.6 Å². The summed E-state index contributed by atoms with van der Waals surface area (Å²) in [6, 6.07) is 0. The Balaban J connectivity index is 2.15. The van der Waals surface area contributed by atoms with Gasteiger partial charge < -0.3 is 19.3 Å². The molecule has 0 bridgehead atoms. The summed E-state index contributed by atoms with van der Waals surface area (Å²) in [5.74, 6) is 0.299. The summed E-state index contributed by atoms with van der Waals surface area (Å²) >= 11 is 0. The molecule has 0 spiro atoms. The van der Waals surface area contributed by atoms with Crippen molar-refractivity contribution >= 4 is 33.6 Å². The molecule has 0 radical (unpaired) electrons. The van der Waals surface area contributed by atoms with Crippen molar-refractivity contribution in [2.45, 2.75) is 102 Å². The van der Waals surface area contributed by atoms with E-state index in [1.807, 2.05) is 4.57 Å². The Labute approximate surface area is 209 Å². The van der Waals surface area contributed by atoms with Gasteiger partial charge in [-0.2, -0.15) is 0 Å². The van der Waals surface area contributed by atoms with Crippen LogP contribution in [-0.2, 0) is 13.6 Å². The van der Waals surface area contributed by atoms with Crippen LogP contribution in [-0.4, -0.2) is 61.0 Å². The average Bonchev–Trinajstić information content (AvgIpc) is 3.27. The van der Waals surface area contributed by atoms with Crippen molar-refractivity contribution < 1.29 is 13.6 Å². The fourth-order valence-corrected chi connectivity index (χ4v) is 6.16. The van der Waals surface area contributed by atoms with Gasteiger partial charge >= 0.3 is 0 Å². The third-order valence-electron chi connectivity index (χ3n) is 7.75. The average molecular weight is 521 g/mol. The Morgan fingerprint density at radius 3 is 2.14 bits per heavy atom. The highest BCUT2D eigenvalue weighted by atomic mass is 28.4. The van der Waals surface area contributed by atoms with Crippen molar-refractivity contribution in [1.82, 2.24) is 19.5 Å². The molecule has 1 unspecified atom stereocenters. The second kappa shape index (κ2) is 9.45. The van der Waals surface area contributed by atoms with Crippen molar-refractivity contribution in [3.05, 3.63) is 23.1 Å². The van der Waals surface area contributed by atoms with E-state index in [1.54, 1.807) is 6.33 Å². The number of azide groups is 1. The molecule has 0 amide bonds. The van der Waals surface area contributed by atoms with Gasteiger partial charge in [-0.15, -0.1) is 0 Å². The Kier molecular flexibility index (Phi) is 7.44. The molecule has 3 heterocycles. The summed E-state index contributed by atoms with van der Waals surface area (Å²) in [6.07, 6.45) is 1.10. The van der Waals surface area contributed by atoms with Crippen molar-refractivity contribution in [2.75, 3.05) is 12.3 Å². The lowest BCUT2D eigenvalue weighted by Crippen LogP contribution is -2.53. The van der Waals surface area contributed by atoms with Crippen LogP contribution in [0, 0.1) is 0 Å². The maximum atomic E-state index is 9.06. The van der Waals surface area contributed by atoms with Crippen LogP contribution in [0.5, 0.6) is 0 Å². The smallest absolute Gasteiger partial charge is 0.192 e. The highest BCUT2D eigenvalue weighted by molar-refractivity contribution is 6.74. The van der Waals surface area contributed by atoms with E-state index in [0.717, 1.165) is 0 Å². The summed E-state index contributed by atoms with van der Waals surface area (Å²) in [5.41, 5.74) is 16.2. The van der Waals surface area contributed by atoms with Crippen LogP contribution in [0.3, 0.4) is 0 Å². The molecular formula is C22H40N8O3Si2. The summed E-state index contributed by atoms with van der Waals surface area (Å²) in [4.78, 5) is 15.9. The maximum absolute atomic E-state index is 9.06. The third kappa shape index (κ3) is 5.39. The van der Waals surface area contributed by atoms with Crippen molar-refractivity contribution in [1.29, 1.82) is 0 Å². The van der Waals surface area contributed by atoms with E-state index < -0.39 is 41.2 Å². The molecule has 3 rings (SSSR count). The Bertz CT molecular complexity index is 1100. The second-order valence-corrected chi connectivity index (χ2v) is 21.8. The Morgan fingerprint density at radius 2 is 1.60 bits per heavy atom. The van der Waals surface area contributed by atoms with E-state index in [0.29, 0.717) is 17.0 Å². The fourth-order valence-electron chi connectivity index (χ4n) is 3.55. The molecule has 194 valence electrons. The molecule has 11 nitrogen and oxygen atoms in total. The number of ether oxygens (including phenoxy) is 1. The maximum Gasteiger partial charge on any atom is 0.192 e. The Morgan fingerprint density at radius 1 is 1.03 bits per heavy atom. The van der Waals surface area contributed by atoms with Crippen LogP contribution >= 0.6 is 0 Å². The third-order valence-corrected chi connectivity index (χ3v) is 16.7. The standard InChI is InChI=1S/C22H40N8O3Si2/c1-21(2,3)34(7,8)32-16-14(11-28-29-24)31-20(17(16)33-35(9,10)22(4,5)6)30-13-27-15-18(23)25-12-26-19(15)30/h12-14,16-17,20H,11H2,1-10H3,(H2,23,25,26)/t14-,16?,17+,20-/m1/s1. The van der Waals surface area contributed by atoms with E-state index >= 15 is 0 Å². The molecule has 1 fully saturated rings. The quantitative estimate of drug-likeness (QED) is 0.222. The first-order valence-corrected chi connectivity index (χ1v) is 17.8. The highest BCUT2D eigenvalue weighted by Gasteiger charge is 2.54. The molecule has 35 heavy (non-hydrogen) atoms.